The number of nitrogens with one attached hydrogen (secondary N) is 2. The van der Waals surface area contributed by atoms with Crippen molar-refractivity contribution in [3.63, 3.8) is 0 Å². The molecule has 1 saturated heterocycles. The van der Waals surface area contributed by atoms with Gasteiger partial charge in [0.15, 0.2) is 11.5 Å². The molecule has 174 valence electrons. The summed E-state index contributed by atoms with van der Waals surface area (Å²) in [4.78, 5) is 48.0. The van der Waals surface area contributed by atoms with Crippen molar-refractivity contribution >= 4 is 23.5 Å². The zero-order chi connectivity index (χ0) is 24.1. The first-order valence-electron chi connectivity index (χ1n) is 11.0. The van der Waals surface area contributed by atoms with Crippen LogP contribution in [0.2, 0.25) is 0 Å². The summed E-state index contributed by atoms with van der Waals surface area (Å²) in [6, 6.07) is 12.3. The number of anilines is 1. The van der Waals surface area contributed by atoms with E-state index < -0.39 is 11.7 Å². The molecule has 2 aromatic carbocycles. The summed E-state index contributed by atoms with van der Waals surface area (Å²) in [6.45, 7) is 2.84. The Morgan fingerprint density at radius 2 is 1.50 bits per heavy atom. The van der Waals surface area contributed by atoms with Crippen molar-refractivity contribution < 1.29 is 18.8 Å². The van der Waals surface area contributed by atoms with E-state index >= 15 is 0 Å². The number of nitrogens with zero attached hydrogens (tertiary/aromatic N) is 3. The minimum atomic E-state index is -0.449. The predicted octanol–water partition coefficient (Wildman–Crippen LogP) is 3.21. The van der Waals surface area contributed by atoms with Gasteiger partial charge in [0.2, 0.25) is 0 Å². The molecule has 0 atom stereocenters. The quantitative estimate of drug-likeness (QED) is 0.607. The Kier molecular flexibility index (Phi) is 6.91. The number of hydrogen-bond donors (Lipinski definition) is 2. The third kappa shape index (κ3) is 5.43. The summed E-state index contributed by atoms with van der Waals surface area (Å²) in [5.74, 6) is -1.32. The Balaban J connectivity index is 1.35. The molecular formula is C25H24FN5O3. The zero-order valence-corrected chi connectivity index (χ0v) is 18.6. The van der Waals surface area contributed by atoms with E-state index in [1.165, 1.54) is 36.7 Å². The molecule has 1 fully saturated rings. The highest BCUT2D eigenvalue weighted by Gasteiger charge is 2.26. The minimum Gasteiger partial charge on any atom is -0.348 e. The summed E-state index contributed by atoms with van der Waals surface area (Å²) in [5, 5.41) is 5.58. The smallest absolute Gasteiger partial charge is 0.273 e. The van der Waals surface area contributed by atoms with Gasteiger partial charge in [0, 0.05) is 42.7 Å². The number of likely N-dealkylation sites (tertiary alicyclic amines) is 1. The molecule has 1 aliphatic rings. The van der Waals surface area contributed by atoms with Crippen molar-refractivity contribution in [2.45, 2.75) is 25.8 Å². The van der Waals surface area contributed by atoms with Crippen LogP contribution in [-0.2, 0) is 0 Å². The second kappa shape index (κ2) is 10.2. The van der Waals surface area contributed by atoms with E-state index in [1.54, 1.807) is 17.0 Å². The molecule has 8 nitrogen and oxygen atoms in total. The number of piperidine rings is 1. The van der Waals surface area contributed by atoms with Gasteiger partial charge in [-0.3, -0.25) is 14.4 Å². The molecule has 0 radical (unpaired) electrons. The van der Waals surface area contributed by atoms with Crippen molar-refractivity contribution in [3.05, 3.63) is 89.1 Å². The molecule has 1 aromatic heterocycles. The summed E-state index contributed by atoms with van der Waals surface area (Å²) in [5.41, 5.74) is 1.92. The highest BCUT2D eigenvalue weighted by Crippen LogP contribution is 2.17. The fraction of sp³-hybridized carbons (Fsp3) is 0.240. The third-order valence-corrected chi connectivity index (χ3v) is 5.67. The number of aromatic nitrogens is 2. The van der Waals surface area contributed by atoms with Gasteiger partial charge >= 0.3 is 0 Å². The number of carbonyl (C=O) groups is 3. The number of carbonyl (C=O) groups excluding carboxylic acids is 3. The summed E-state index contributed by atoms with van der Waals surface area (Å²) < 4.78 is 13.1. The fourth-order valence-electron chi connectivity index (χ4n) is 3.74. The first kappa shape index (κ1) is 23.0. The second-order valence-corrected chi connectivity index (χ2v) is 8.12. The van der Waals surface area contributed by atoms with E-state index in [0.29, 0.717) is 37.1 Å². The van der Waals surface area contributed by atoms with E-state index in [2.05, 4.69) is 20.6 Å². The molecule has 0 saturated carbocycles. The van der Waals surface area contributed by atoms with E-state index in [0.717, 1.165) is 5.56 Å². The van der Waals surface area contributed by atoms with Gasteiger partial charge < -0.3 is 15.5 Å². The largest absolute Gasteiger partial charge is 0.348 e. The fourth-order valence-corrected chi connectivity index (χ4v) is 3.74. The van der Waals surface area contributed by atoms with Crippen LogP contribution >= 0.6 is 0 Å². The molecule has 1 aliphatic heterocycles. The lowest BCUT2D eigenvalue weighted by atomic mass is 10.0. The lowest BCUT2D eigenvalue weighted by Gasteiger charge is -2.32. The van der Waals surface area contributed by atoms with Gasteiger partial charge in [-0.25, -0.2) is 14.4 Å². The van der Waals surface area contributed by atoms with E-state index in [1.807, 2.05) is 19.1 Å². The molecule has 0 spiro atoms. The third-order valence-electron chi connectivity index (χ3n) is 5.67. The molecule has 2 N–H and O–H groups in total. The average Bonchev–Trinajstić information content (AvgIpc) is 2.85. The van der Waals surface area contributed by atoms with Crippen LogP contribution in [0.3, 0.4) is 0 Å². The second-order valence-electron chi connectivity index (χ2n) is 8.12. The monoisotopic (exact) mass is 461 g/mol. The highest BCUT2D eigenvalue weighted by molar-refractivity contribution is 6.07. The van der Waals surface area contributed by atoms with Crippen LogP contribution in [-0.4, -0.2) is 51.7 Å². The average molecular weight is 461 g/mol. The van der Waals surface area contributed by atoms with Gasteiger partial charge in [-0.15, -0.1) is 0 Å². The van der Waals surface area contributed by atoms with Crippen molar-refractivity contribution in [3.8, 4) is 0 Å². The molecule has 4 rings (SSSR count). The number of benzene rings is 2. The van der Waals surface area contributed by atoms with Gasteiger partial charge in [0.25, 0.3) is 17.7 Å². The van der Waals surface area contributed by atoms with Crippen molar-refractivity contribution in [1.82, 2.24) is 20.2 Å². The van der Waals surface area contributed by atoms with Crippen LogP contribution in [0.4, 0.5) is 10.2 Å². The molecule has 2 heterocycles. The van der Waals surface area contributed by atoms with Gasteiger partial charge in [-0.2, -0.15) is 0 Å². The summed E-state index contributed by atoms with van der Waals surface area (Å²) >= 11 is 0. The molecule has 3 aromatic rings. The van der Waals surface area contributed by atoms with Gasteiger partial charge in [0.1, 0.15) is 5.82 Å². The van der Waals surface area contributed by atoms with Crippen LogP contribution in [0.1, 0.15) is 49.6 Å². The van der Waals surface area contributed by atoms with Gasteiger partial charge in [-0.05, 0) is 56.2 Å². The maximum absolute atomic E-state index is 13.1. The molecular weight excluding hydrogens is 437 g/mol. The summed E-state index contributed by atoms with van der Waals surface area (Å²) in [6.07, 6.45) is 3.91. The van der Waals surface area contributed by atoms with E-state index in [4.69, 9.17) is 0 Å². The first-order chi connectivity index (χ1) is 16.4. The summed E-state index contributed by atoms with van der Waals surface area (Å²) in [7, 11) is 0. The topological polar surface area (TPSA) is 104 Å². The van der Waals surface area contributed by atoms with E-state index in [-0.39, 0.29) is 29.4 Å². The maximum atomic E-state index is 13.1. The lowest BCUT2D eigenvalue weighted by molar-refractivity contribution is 0.0697. The highest BCUT2D eigenvalue weighted by atomic mass is 19.1. The standard InChI is InChI=1S/C25H24FN5O3/c1-16-2-4-17(5-3-16)23(32)30-22-21(27-12-13-28-22)24(33)29-20-10-14-31(15-11-20)25(34)18-6-8-19(26)9-7-18/h2-9,12-13,20H,10-11,14-15H2,1H3,(H,29,33)(H,28,30,32). The van der Waals surface area contributed by atoms with Crippen LogP contribution in [0, 0.1) is 12.7 Å². The predicted molar refractivity (Wildman–Crippen MR) is 124 cm³/mol. The number of rotatable bonds is 5. The van der Waals surface area contributed by atoms with E-state index in [9.17, 15) is 18.8 Å². The van der Waals surface area contributed by atoms with Gasteiger partial charge in [-0.1, -0.05) is 17.7 Å². The molecule has 9 heteroatoms. The first-order valence-corrected chi connectivity index (χ1v) is 11.0. The minimum absolute atomic E-state index is 0.0211. The SMILES string of the molecule is Cc1ccc(C(=O)Nc2nccnc2C(=O)NC2CCN(C(=O)c3ccc(F)cc3)CC2)cc1. The maximum Gasteiger partial charge on any atom is 0.273 e. The number of amides is 3. The van der Waals surface area contributed by atoms with Gasteiger partial charge in [0.05, 0.1) is 0 Å². The lowest BCUT2D eigenvalue weighted by Crippen LogP contribution is -2.46. The normalized spacial score (nSPS) is 13.9. The van der Waals surface area contributed by atoms with Crippen molar-refractivity contribution in [1.29, 1.82) is 0 Å². The Hall–Kier alpha value is -4.14. The Labute approximate surface area is 196 Å². The number of aryl methyl sites for hydroxylation is 1. The number of halogens is 1. The van der Waals surface area contributed by atoms with Crippen LogP contribution in [0.5, 0.6) is 0 Å². The van der Waals surface area contributed by atoms with Crippen LogP contribution in [0.15, 0.2) is 60.9 Å². The zero-order valence-electron chi connectivity index (χ0n) is 18.6. The molecule has 34 heavy (non-hydrogen) atoms. The Morgan fingerprint density at radius 3 is 2.18 bits per heavy atom. The molecule has 0 unspecified atom stereocenters. The van der Waals surface area contributed by atoms with Crippen molar-refractivity contribution in [2.75, 3.05) is 18.4 Å². The number of hydrogen-bond acceptors (Lipinski definition) is 5. The van der Waals surface area contributed by atoms with Crippen LogP contribution in [0.25, 0.3) is 0 Å². The van der Waals surface area contributed by atoms with Crippen molar-refractivity contribution in [2.24, 2.45) is 0 Å². The Bertz CT molecular complexity index is 1190. The molecule has 3 amide bonds. The van der Waals surface area contributed by atoms with Crippen LogP contribution < -0.4 is 10.6 Å². The molecule has 0 bridgehead atoms. The Morgan fingerprint density at radius 1 is 0.882 bits per heavy atom. The molecule has 0 aliphatic carbocycles.